The molecule has 0 atom stereocenters. The van der Waals surface area contributed by atoms with Crippen LogP contribution in [-0.4, -0.2) is 24.1 Å². The van der Waals surface area contributed by atoms with Crippen LogP contribution < -0.4 is 0 Å². The van der Waals surface area contributed by atoms with Gasteiger partial charge in [-0.05, 0) is 59.7 Å². The fourth-order valence-corrected chi connectivity index (χ4v) is 10.9. The van der Waals surface area contributed by atoms with Gasteiger partial charge in [0.15, 0.2) is 17.5 Å². The molecule has 0 fully saturated rings. The molecule has 4 heterocycles. The Kier molecular flexibility index (Phi) is 8.01. The molecule has 5 nitrogen and oxygen atoms in total. The highest BCUT2D eigenvalue weighted by Crippen LogP contribution is 2.46. The highest BCUT2D eigenvalue weighted by atomic mass is 32.1. The summed E-state index contributed by atoms with van der Waals surface area (Å²) in [7, 11) is 0. The van der Waals surface area contributed by atoms with Crippen molar-refractivity contribution in [1.29, 1.82) is 0 Å². The largest absolute Gasteiger partial charge is 0.309 e. The van der Waals surface area contributed by atoms with Gasteiger partial charge in [-0.25, -0.2) is 15.0 Å². The Labute approximate surface area is 366 Å². The number of thiophene rings is 1. The van der Waals surface area contributed by atoms with E-state index in [2.05, 4.69) is 203 Å². The smallest absolute Gasteiger partial charge is 0.165 e. The lowest BCUT2D eigenvalue weighted by Crippen LogP contribution is -2.02. The molecular weight excluding hydrogens is 787 g/mol. The maximum absolute atomic E-state index is 5.55. The van der Waals surface area contributed by atoms with Gasteiger partial charge in [0, 0.05) is 69.8 Å². The van der Waals surface area contributed by atoms with Crippen LogP contribution in [0, 0.1) is 0 Å². The van der Waals surface area contributed by atoms with Crippen LogP contribution in [0.1, 0.15) is 0 Å². The van der Waals surface area contributed by atoms with Crippen molar-refractivity contribution in [2.24, 2.45) is 0 Å². The summed E-state index contributed by atoms with van der Waals surface area (Å²) in [5.74, 6) is 1.88. The molecule has 0 bridgehead atoms. The van der Waals surface area contributed by atoms with Gasteiger partial charge < -0.3 is 9.13 Å². The minimum Gasteiger partial charge on any atom is -0.309 e. The van der Waals surface area contributed by atoms with E-state index in [1.807, 2.05) is 29.5 Å². The van der Waals surface area contributed by atoms with Gasteiger partial charge in [-0.2, -0.15) is 0 Å². The second kappa shape index (κ2) is 14.2. The summed E-state index contributed by atoms with van der Waals surface area (Å²) in [6, 6.07) is 75.4. The van der Waals surface area contributed by atoms with Crippen molar-refractivity contribution in [2.75, 3.05) is 0 Å². The summed E-state index contributed by atoms with van der Waals surface area (Å²) in [5.41, 5.74) is 11.9. The lowest BCUT2D eigenvalue weighted by Gasteiger charge is -2.13. The zero-order chi connectivity index (χ0) is 41.4. The summed E-state index contributed by atoms with van der Waals surface area (Å²) in [4.78, 5) is 16.3. The van der Waals surface area contributed by atoms with Crippen LogP contribution in [0.2, 0.25) is 0 Å². The second-order valence-corrected chi connectivity index (χ2v) is 17.0. The molecule has 0 aliphatic carbocycles. The number of para-hydroxylation sites is 4. The molecule has 0 unspecified atom stereocenters. The van der Waals surface area contributed by atoms with Crippen molar-refractivity contribution < 1.29 is 0 Å². The van der Waals surface area contributed by atoms with E-state index >= 15 is 0 Å². The van der Waals surface area contributed by atoms with E-state index < -0.39 is 0 Å². The molecule has 9 aromatic carbocycles. The standard InChI is InChI=1S/C57H35N5S/c1-4-18-36(19-5-1)40-27-16-28-43-46-34-39(62-48-30-13-10-24-41(48)42-25-11-14-31-49(42)62)35-47(54(46)63-53(40)43)57-59-55(37-20-6-2-7-21-37)58-56(60-57)45-29-17-33-51-52(45)44-26-12-15-32-50(44)61(51)38-22-8-3-9-23-38/h1-35H. The number of aromatic nitrogens is 5. The van der Waals surface area contributed by atoms with Crippen LogP contribution in [0.25, 0.3) is 120 Å². The zero-order valence-electron chi connectivity index (χ0n) is 33.9. The number of benzene rings is 9. The molecule has 4 aromatic heterocycles. The van der Waals surface area contributed by atoms with Crippen molar-refractivity contribution in [2.45, 2.75) is 0 Å². The van der Waals surface area contributed by atoms with Crippen LogP contribution in [0.4, 0.5) is 0 Å². The van der Waals surface area contributed by atoms with Crippen LogP contribution in [0.15, 0.2) is 212 Å². The molecule has 0 aliphatic rings. The van der Waals surface area contributed by atoms with Crippen LogP contribution >= 0.6 is 11.3 Å². The van der Waals surface area contributed by atoms with Crippen molar-refractivity contribution in [3.05, 3.63) is 212 Å². The predicted molar refractivity (Wildman–Crippen MR) is 263 cm³/mol. The third kappa shape index (κ3) is 5.59. The van der Waals surface area contributed by atoms with Gasteiger partial charge in [0.25, 0.3) is 0 Å². The van der Waals surface area contributed by atoms with Crippen LogP contribution in [0.5, 0.6) is 0 Å². The van der Waals surface area contributed by atoms with Crippen LogP contribution in [0.3, 0.4) is 0 Å². The molecule has 0 spiro atoms. The van der Waals surface area contributed by atoms with Gasteiger partial charge in [0.2, 0.25) is 0 Å². The van der Waals surface area contributed by atoms with E-state index in [0.29, 0.717) is 17.5 Å². The number of nitrogens with zero attached hydrogens (tertiary/aromatic N) is 5. The fourth-order valence-electron chi connectivity index (χ4n) is 9.62. The Bertz CT molecular complexity index is 3850. The first kappa shape index (κ1) is 35.6. The molecule has 6 heteroatoms. The fraction of sp³-hybridized carbons (Fsp3) is 0. The molecule has 0 N–H and O–H groups in total. The third-order valence-electron chi connectivity index (χ3n) is 12.4. The van der Waals surface area contributed by atoms with Gasteiger partial charge in [0.1, 0.15) is 0 Å². The first-order valence-electron chi connectivity index (χ1n) is 21.2. The molecule has 0 aliphatic heterocycles. The number of fused-ring (bicyclic) bond motifs is 9. The Morgan fingerprint density at radius 1 is 0.302 bits per heavy atom. The van der Waals surface area contributed by atoms with Gasteiger partial charge in [-0.15, -0.1) is 11.3 Å². The summed E-state index contributed by atoms with van der Waals surface area (Å²) < 4.78 is 7.11. The molecule has 63 heavy (non-hydrogen) atoms. The lowest BCUT2D eigenvalue weighted by molar-refractivity contribution is 1.08. The van der Waals surface area contributed by atoms with E-state index in [4.69, 9.17) is 15.0 Å². The Morgan fingerprint density at radius 3 is 1.48 bits per heavy atom. The average molecular weight is 822 g/mol. The van der Waals surface area contributed by atoms with E-state index in [0.717, 1.165) is 65.6 Å². The topological polar surface area (TPSA) is 48.5 Å². The maximum Gasteiger partial charge on any atom is 0.165 e. The Hall–Kier alpha value is -8.19. The minimum absolute atomic E-state index is 0.626. The van der Waals surface area contributed by atoms with Crippen molar-refractivity contribution in [3.63, 3.8) is 0 Å². The number of rotatable bonds is 6. The minimum atomic E-state index is 0.626. The normalized spacial score (nSPS) is 11.8. The van der Waals surface area contributed by atoms with Gasteiger partial charge >= 0.3 is 0 Å². The summed E-state index contributed by atoms with van der Waals surface area (Å²) in [6.07, 6.45) is 0. The first-order valence-corrected chi connectivity index (χ1v) is 22.0. The predicted octanol–water partition coefficient (Wildman–Crippen LogP) is 15.1. The quantitative estimate of drug-likeness (QED) is 0.168. The molecule has 13 aromatic rings. The monoisotopic (exact) mass is 821 g/mol. The maximum atomic E-state index is 5.55. The lowest BCUT2D eigenvalue weighted by atomic mass is 10.0. The highest BCUT2D eigenvalue weighted by molar-refractivity contribution is 7.26. The van der Waals surface area contributed by atoms with E-state index in [1.165, 1.54) is 37.4 Å². The number of hydrogen-bond donors (Lipinski definition) is 0. The van der Waals surface area contributed by atoms with Crippen molar-refractivity contribution in [3.8, 4) is 56.7 Å². The van der Waals surface area contributed by atoms with Crippen LogP contribution in [-0.2, 0) is 0 Å². The summed E-state index contributed by atoms with van der Waals surface area (Å²) in [6.45, 7) is 0. The summed E-state index contributed by atoms with van der Waals surface area (Å²) in [5, 5.41) is 7.05. The summed E-state index contributed by atoms with van der Waals surface area (Å²) >= 11 is 1.81. The highest BCUT2D eigenvalue weighted by Gasteiger charge is 2.23. The zero-order valence-corrected chi connectivity index (χ0v) is 34.7. The molecular formula is C57H35N5S. The van der Waals surface area contributed by atoms with Gasteiger partial charge in [-0.1, -0.05) is 164 Å². The Balaban J connectivity index is 1.14. The Morgan fingerprint density at radius 2 is 0.778 bits per heavy atom. The van der Waals surface area contributed by atoms with Crippen molar-refractivity contribution in [1.82, 2.24) is 24.1 Å². The molecule has 0 radical (unpaired) electrons. The van der Waals surface area contributed by atoms with Crippen molar-refractivity contribution >= 4 is 75.1 Å². The molecule has 13 rings (SSSR count). The van der Waals surface area contributed by atoms with E-state index in [1.54, 1.807) is 0 Å². The SMILES string of the molecule is c1ccc(-c2nc(-c3cc(-n4c5ccccc5c5ccccc54)cc4c3sc3c(-c5ccccc5)cccc34)nc(-c3cccc4c3c3ccccc3n4-c3ccccc3)n2)cc1. The van der Waals surface area contributed by atoms with Gasteiger partial charge in [-0.3, -0.25) is 0 Å². The molecule has 0 saturated heterocycles. The van der Waals surface area contributed by atoms with Gasteiger partial charge in [0.05, 0.1) is 22.1 Å². The molecule has 0 amide bonds. The molecule has 294 valence electrons. The first-order chi connectivity index (χ1) is 31.3. The average Bonchev–Trinajstić information content (AvgIpc) is 4.02. The third-order valence-corrected chi connectivity index (χ3v) is 13.7. The number of hydrogen-bond acceptors (Lipinski definition) is 4. The second-order valence-electron chi connectivity index (χ2n) is 16.0. The van der Waals surface area contributed by atoms with E-state index in [-0.39, 0.29) is 0 Å². The van der Waals surface area contributed by atoms with E-state index in [9.17, 15) is 0 Å². The molecule has 0 saturated carbocycles.